The summed E-state index contributed by atoms with van der Waals surface area (Å²) in [4.78, 5) is 4.65. The van der Waals surface area contributed by atoms with Crippen LogP contribution in [0.4, 0.5) is 34.1 Å². The zero-order valence-corrected chi connectivity index (χ0v) is 42.9. The second-order valence-corrected chi connectivity index (χ2v) is 19.9. The number of rotatable bonds is 11. The second-order valence-electron chi connectivity index (χ2n) is 19.9. The van der Waals surface area contributed by atoms with Gasteiger partial charge in [-0.1, -0.05) is 237 Å². The van der Waals surface area contributed by atoms with E-state index in [1.165, 1.54) is 93.2 Å². The first-order valence-electron chi connectivity index (χ1n) is 26.8. The molecule has 0 aromatic heterocycles. The monoisotopic (exact) mass is 992 g/mol. The van der Waals surface area contributed by atoms with Crippen LogP contribution in [0.5, 0.6) is 0 Å². The first kappa shape index (κ1) is 46.3. The lowest BCUT2D eigenvalue weighted by Crippen LogP contribution is -2.09. The van der Waals surface area contributed by atoms with Crippen LogP contribution in [0.3, 0.4) is 0 Å². The third kappa shape index (κ3) is 8.34. The van der Waals surface area contributed by atoms with Gasteiger partial charge in [0.25, 0.3) is 0 Å². The fourth-order valence-electron chi connectivity index (χ4n) is 11.9. The van der Waals surface area contributed by atoms with E-state index < -0.39 is 0 Å². The molecule has 0 spiro atoms. The van der Waals surface area contributed by atoms with Gasteiger partial charge in [-0.05, 0) is 178 Å². The van der Waals surface area contributed by atoms with Crippen LogP contribution in [0.1, 0.15) is 0 Å². The molecule has 14 rings (SSSR count). The van der Waals surface area contributed by atoms with E-state index in [0.29, 0.717) is 0 Å². The fraction of sp³-hybridized carbons (Fsp3) is 0. The lowest BCUT2D eigenvalue weighted by atomic mass is 9.84. The van der Waals surface area contributed by atoms with Gasteiger partial charge in [-0.15, -0.1) is 0 Å². The Morgan fingerprint density at radius 1 is 0.141 bits per heavy atom. The number of benzene rings is 14. The van der Waals surface area contributed by atoms with Crippen LogP contribution in [0.15, 0.2) is 315 Å². The van der Waals surface area contributed by atoms with Crippen molar-refractivity contribution in [3.05, 3.63) is 315 Å². The molecule has 0 unspecified atom stereocenters. The summed E-state index contributed by atoms with van der Waals surface area (Å²) in [5.74, 6) is 0. The summed E-state index contributed by atoms with van der Waals surface area (Å²) in [5.41, 5.74) is 18.7. The molecule has 0 aliphatic heterocycles. The van der Waals surface area contributed by atoms with Gasteiger partial charge in [0, 0.05) is 34.1 Å². The van der Waals surface area contributed by atoms with Gasteiger partial charge in [0.05, 0.1) is 0 Å². The van der Waals surface area contributed by atoms with Crippen LogP contribution in [-0.4, -0.2) is 0 Å². The zero-order chi connectivity index (χ0) is 51.8. The van der Waals surface area contributed by atoms with Crippen LogP contribution in [0.2, 0.25) is 0 Å². The molecule has 2 nitrogen and oxygen atoms in total. The third-order valence-electron chi connectivity index (χ3n) is 15.4. The predicted molar refractivity (Wildman–Crippen MR) is 333 cm³/mol. The molecule has 0 aliphatic carbocycles. The standard InChI is InChI=1S/C76H52N2/c1-6-22-54(23-7-1)73-65-32-16-18-34-67(65)74(68-35-19-17-33-66(68)73)55-40-38-53(39-41-55)58-46-51-71-72(52-58)76(57-44-49-64(50-45-57)78(61-28-12-4-13-29-61)62-30-14-5-15-31-62)70-37-21-20-36-69(70)75(71)56-42-47-63(48-43-56)77(59-24-8-2-9-25-59)60-26-10-3-11-27-60/h1-52H. The van der Waals surface area contributed by atoms with Crippen molar-refractivity contribution in [3.8, 4) is 55.6 Å². The van der Waals surface area contributed by atoms with Gasteiger partial charge < -0.3 is 9.80 Å². The average molecular weight is 993 g/mol. The highest BCUT2D eigenvalue weighted by Crippen LogP contribution is 2.48. The molecule has 14 aromatic rings. The molecule has 366 valence electrons. The minimum absolute atomic E-state index is 1.09. The molecule has 0 saturated heterocycles. The van der Waals surface area contributed by atoms with Gasteiger partial charge in [0.2, 0.25) is 0 Å². The highest BCUT2D eigenvalue weighted by Gasteiger charge is 2.21. The molecule has 0 radical (unpaired) electrons. The molecular formula is C76H52N2. The van der Waals surface area contributed by atoms with Crippen molar-refractivity contribution in [2.24, 2.45) is 0 Å². The number of nitrogens with zero attached hydrogens (tertiary/aromatic N) is 2. The molecule has 0 amide bonds. The maximum Gasteiger partial charge on any atom is 0.0462 e. The van der Waals surface area contributed by atoms with Crippen molar-refractivity contribution < 1.29 is 0 Å². The Kier molecular flexibility index (Phi) is 11.9. The quantitative estimate of drug-likeness (QED) is 0.119. The largest absolute Gasteiger partial charge is 0.311 e. The summed E-state index contributed by atoms with van der Waals surface area (Å²) in [6.45, 7) is 0. The summed E-state index contributed by atoms with van der Waals surface area (Å²) in [6.07, 6.45) is 0. The van der Waals surface area contributed by atoms with E-state index in [1.807, 2.05) is 0 Å². The van der Waals surface area contributed by atoms with Crippen LogP contribution >= 0.6 is 0 Å². The maximum absolute atomic E-state index is 2.43. The summed E-state index contributed by atoms with van der Waals surface area (Å²) in [6, 6.07) is 115. The van der Waals surface area contributed by atoms with E-state index in [1.54, 1.807) is 0 Å². The van der Waals surface area contributed by atoms with Gasteiger partial charge in [0.1, 0.15) is 0 Å². The lowest BCUT2D eigenvalue weighted by Gasteiger charge is -2.26. The molecular weight excluding hydrogens is 941 g/mol. The highest BCUT2D eigenvalue weighted by molar-refractivity contribution is 6.23. The first-order valence-corrected chi connectivity index (χ1v) is 26.8. The molecule has 0 heterocycles. The van der Waals surface area contributed by atoms with E-state index in [2.05, 4.69) is 325 Å². The van der Waals surface area contributed by atoms with E-state index in [9.17, 15) is 0 Å². The van der Waals surface area contributed by atoms with E-state index >= 15 is 0 Å². The minimum atomic E-state index is 1.09. The molecule has 0 fully saturated rings. The molecule has 2 heteroatoms. The Balaban J connectivity index is 0.934. The molecule has 0 bridgehead atoms. The summed E-state index contributed by atoms with van der Waals surface area (Å²) in [5, 5.41) is 9.84. The zero-order valence-electron chi connectivity index (χ0n) is 42.9. The van der Waals surface area contributed by atoms with Crippen molar-refractivity contribution in [2.75, 3.05) is 9.80 Å². The van der Waals surface area contributed by atoms with Gasteiger partial charge in [-0.2, -0.15) is 0 Å². The Hall–Kier alpha value is -10.3. The summed E-state index contributed by atoms with van der Waals surface area (Å²) in [7, 11) is 0. The van der Waals surface area contributed by atoms with Gasteiger partial charge in [-0.25, -0.2) is 0 Å². The molecule has 14 aromatic carbocycles. The Bertz CT molecular complexity index is 4290. The Morgan fingerprint density at radius 3 is 0.692 bits per heavy atom. The van der Waals surface area contributed by atoms with Crippen LogP contribution < -0.4 is 9.80 Å². The first-order chi connectivity index (χ1) is 38.7. The van der Waals surface area contributed by atoms with Crippen LogP contribution in [-0.2, 0) is 0 Å². The molecule has 78 heavy (non-hydrogen) atoms. The Morgan fingerprint density at radius 2 is 0.359 bits per heavy atom. The SMILES string of the molecule is c1ccc(-c2c3ccccc3c(-c3ccc(-c4ccc5c(-c6ccc(N(c7ccccc7)c7ccccc7)cc6)c6ccccc6c(-c6ccc(N(c7ccccc7)c7ccccc7)cc6)c5c4)cc3)c3ccccc23)cc1. The topological polar surface area (TPSA) is 6.48 Å². The highest BCUT2D eigenvalue weighted by atomic mass is 15.1. The Labute approximate surface area is 455 Å². The van der Waals surface area contributed by atoms with E-state index in [0.717, 1.165) is 39.7 Å². The smallest absolute Gasteiger partial charge is 0.0462 e. The molecule has 0 aliphatic rings. The number of fused-ring (bicyclic) bond motifs is 4. The van der Waals surface area contributed by atoms with Gasteiger partial charge in [0.15, 0.2) is 0 Å². The number of para-hydroxylation sites is 4. The van der Waals surface area contributed by atoms with Crippen molar-refractivity contribution >= 4 is 77.2 Å². The number of hydrogen-bond acceptors (Lipinski definition) is 2. The van der Waals surface area contributed by atoms with Crippen LogP contribution in [0, 0.1) is 0 Å². The number of hydrogen-bond donors (Lipinski definition) is 0. The summed E-state index contributed by atoms with van der Waals surface area (Å²) < 4.78 is 0. The molecule has 0 atom stereocenters. The van der Waals surface area contributed by atoms with Crippen molar-refractivity contribution in [3.63, 3.8) is 0 Å². The lowest BCUT2D eigenvalue weighted by molar-refractivity contribution is 1.28. The average Bonchev–Trinajstić information content (AvgIpc) is 3.53. The van der Waals surface area contributed by atoms with Crippen molar-refractivity contribution in [2.45, 2.75) is 0 Å². The minimum Gasteiger partial charge on any atom is -0.311 e. The number of anilines is 6. The van der Waals surface area contributed by atoms with Crippen molar-refractivity contribution in [1.82, 2.24) is 0 Å². The molecule has 0 N–H and O–H groups in total. The van der Waals surface area contributed by atoms with Gasteiger partial charge in [-0.3, -0.25) is 0 Å². The third-order valence-corrected chi connectivity index (χ3v) is 15.4. The second kappa shape index (κ2) is 20.1. The maximum atomic E-state index is 2.43. The fourth-order valence-corrected chi connectivity index (χ4v) is 11.9. The normalized spacial score (nSPS) is 11.3. The van der Waals surface area contributed by atoms with E-state index in [4.69, 9.17) is 0 Å². The van der Waals surface area contributed by atoms with Gasteiger partial charge >= 0.3 is 0 Å². The van der Waals surface area contributed by atoms with Crippen molar-refractivity contribution in [1.29, 1.82) is 0 Å². The molecule has 0 saturated carbocycles. The summed E-state index contributed by atoms with van der Waals surface area (Å²) >= 11 is 0. The van der Waals surface area contributed by atoms with Crippen LogP contribution in [0.25, 0.3) is 98.7 Å². The van der Waals surface area contributed by atoms with E-state index in [-0.39, 0.29) is 0 Å². The predicted octanol–water partition coefficient (Wildman–Crippen LogP) is 21.6.